The van der Waals surface area contributed by atoms with Crippen molar-refractivity contribution in [2.24, 2.45) is 0 Å². The summed E-state index contributed by atoms with van der Waals surface area (Å²) < 4.78 is 100. The zero-order chi connectivity index (χ0) is 24.7. The summed E-state index contributed by atoms with van der Waals surface area (Å²) >= 11 is 0. The molecule has 0 spiro atoms. The fourth-order valence-corrected chi connectivity index (χ4v) is 4.30. The molecule has 0 amide bonds. The van der Waals surface area contributed by atoms with Gasteiger partial charge in [0.05, 0.1) is 0 Å². The number of aromatic nitrogens is 4. The van der Waals surface area contributed by atoms with E-state index in [1.165, 1.54) is 54.8 Å². The molecule has 2 heterocycles. The minimum absolute atomic E-state index is 0.227. The minimum Gasteiger partial charge on any atom is -0.329 e. The lowest BCUT2D eigenvalue weighted by Crippen LogP contribution is -2.20. The van der Waals surface area contributed by atoms with Gasteiger partial charge < -0.3 is 13.8 Å². The first-order chi connectivity index (χ1) is 15.8. The van der Waals surface area contributed by atoms with Crippen LogP contribution in [0.5, 0.6) is 0 Å². The molecule has 0 bridgehead atoms. The summed E-state index contributed by atoms with van der Waals surface area (Å²) in [5.74, 6) is -3.48. The molecule has 8 nitrogen and oxygen atoms in total. The van der Waals surface area contributed by atoms with Crippen LogP contribution >= 0.6 is 0 Å². The number of rotatable bonds is 5. The first-order valence-electron chi connectivity index (χ1n) is 9.22. The van der Waals surface area contributed by atoms with Crippen LogP contribution in [0.25, 0.3) is 22.8 Å². The lowest BCUT2D eigenvalue weighted by Gasteiger charge is -2.22. The maximum Gasteiger partial charge on any atom is 0.471 e. The monoisotopic (exact) mass is 505 g/mol. The molecule has 0 aliphatic carbocycles. The lowest BCUT2D eigenvalue weighted by molar-refractivity contribution is -0.160. The average Bonchev–Trinajstić information content (AvgIpc) is 3.44. The second-order valence-electron chi connectivity index (χ2n) is 7.00. The first kappa shape index (κ1) is 23.4. The molecule has 34 heavy (non-hydrogen) atoms. The van der Waals surface area contributed by atoms with E-state index < -0.39 is 34.3 Å². The highest BCUT2D eigenvalue weighted by Crippen LogP contribution is 2.31. The molecule has 15 heteroatoms. The van der Waals surface area contributed by atoms with E-state index in [0.29, 0.717) is 10.6 Å². The first-order valence-corrected chi connectivity index (χ1v) is 11.4. The summed E-state index contributed by atoms with van der Waals surface area (Å²) in [5, 5.41) is 6.58. The minimum atomic E-state index is -4.77. The van der Waals surface area contributed by atoms with Gasteiger partial charge in [0.25, 0.3) is 0 Å². The van der Waals surface area contributed by atoms with Gasteiger partial charge in [-0.05, 0) is 58.6 Å². The maximum absolute atomic E-state index is 13.2. The summed E-state index contributed by atoms with van der Waals surface area (Å²) in [7, 11) is -3.20. The van der Waals surface area contributed by atoms with Crippen molar-refractivity contribution in [3.63, 3.8) is 0 Å². The molecule has 0 aliphatic heterocycles. The smallest absolute Gasteiger partial charge is 0.329 e. The van der Waals surface area contributed by atoms with Crippen LogP contribution in [0.3, 0.4) is 0 Å². The molecular weight excluding hydrogens is 492 g/mol. The Labute approximate surface area is 187 Å². The topological polar surface area (TPSA) is 107 Å². The van der Waals surface area contributed by atoms with Crippen LogP contribution in [-0.2, 0) is 22.5 Å². The third-order valence-corrected chi connectivity index (χ3v) is 6.41. The summed E-state index contributed by atoms with van der Waals surface area (Å²) in [5.41, 5.74) is 0.871. The quantitative estimate of drug-likeness (QED) is 0.295. The third-order valence-electron chi connectivity index (χ3n) is 4.44. The number of nitrogens with zero attached hydrogens (tertiary/aromatic N) is 4. The molecule has 0 aliphatic rings. The molecule has 0 atom stereocenters. The van der Waals surface area contributed by atoms with Crippen LogP contribution in [-0.4, -0.2) is 30.7 Å². The van der Waals surface area contributed by atoms with Crippen LogP contribution in [0.4, 0.5) is 32.0 Å². The lowest BCUT2D eigenvalue weighted by atomic mass is 10.2. The van der Waals surface area contributed by atoms with E-state index in [9.17, 15) is 30.6 Å². The van der Waals surface area contributed by atoms with Gasteiger partial charge in [-0.15, -0.1) is 0 Å². The summed E-state index contributed by atoms with van der Waals surface area (Å²) in [4.78, 5) is 6.94. The van der Waals surface area contributed by atoms with Gasteiger partial charge in [-0.25, -0.2) is 0 Å². The number of hydrogen-bond acceptors (Lipinski definition) is 7. The molecule has 2 aromatic carbocycles. The summed E-state index contributed by atoms with van der Waals surface area (Å²) in [6, 6.07) is 11.5. The van der Waals surface area contributed by atoms with E-state index in [-0.39, 0.29) is 22.8 Å². The molecule has 0 radical (unpaired) electrons. The van der Waals surface area contributed by atoms with Crippen LogP contribution in [0, 0.1) is 0 Å². The molecule has 0 fully saturated rings. The number of alkyl halides is 6. The van der Waals surface area contributed by atoms with E-state index in [4.69, 9.17) is 0 Å². The zero-order valence-electron chi connectivity index (χ0n) is 16.8. The predicted molar refractivity (Wildman–Crippen MR) is 107 cm³/mol. The molecule has 0 unspecified atom stereocenters. The van der Waals surface area contributed by atoms with Gasteiger partial charge in [0.15, 0.2) is 0 Å². The van der Waals surface area contributed by atoms with Crippen LogP contribution in [0.1, 0.15) is 11.8 Å². The SMILES string of the molecule is C[SH](=O)(Nc1ccc(-c2noc(C(F)(F)F)n2)cc1)c1ccc(-c2noc(C(F)(F)F)n2)cc1. The molecule has 180 valence electrons. The van der Waals surface area contributed by atoms with Gasteiger partial charge in [-0.3, -0.25) is 4.21 Å². The highest BCUT2D eigenvalue weighted by molar-refractivity contribution is 8.03. The Balaban J connectivity index is 1.48. The van der Waals surface area contributed by atoms with E-state index in [0.717, 1.165) is 0 Å². The van der Waals surface area contributed by atoms with Crippen molar-refractivity contribution in [3.05, 3.63) is 60.3 Å². The Morgan fingerprint density at radius 1 is 0.735 bits per heavy atom. The molecular formula is C19H13F6N5O3S. The number of halogens is 6. The molecule has 0 saturated heterocycles. The van der Waals surface area contributed by atoms with E-state index >= 15 is 0 Å². The number of hydrogen-bond donors (Lipinski definition) is 2. The van der Waals surface area contributed by atoms with Crippen LogP contribution < -0.4 is 4.72 Å². The number of benzene rings is 2. The molecule has 4 aromatic rings. The zero-order valence-corrected chi connectivity index (χ0v) is 17.7. The van der Waals surface area contributed by atoms with Crippen molar-refractivity contribution < 1.29 is 39.6 Å². The van der Waals surface area contributed by atoms with Crippen molar-refractivity contribution in [3.8, 4) is 22.8 Å². The van der Waals surface area contributed by atoms with E-state index in [1.54, 1.807) is 0 Å². The van der Waals surface area contributed by atoms with Crippen molar-refractivity contribution in [2.75, 3.05) is 11.0 Å². The van der Waals surface area contributed by atoms with Crippen molar-refractivity contribution in [1.82, 2.24) is 20.3 Å². The van der Waals surface area contributed by atoms with E-state index in [2.05, 4.69) is 34.0 Å². The molecule has 4 rings (SSSR count). The third kappa shape index (κ3) is 4.93. The predicted octanol–water partition coefficient (Wildman–Crippen LogP) is 4.86. The average molecular weight is 505 g/mol. The van der Waals surface area contributed by atoms with Gasteiger partial charge in [0.2, 0.25) is 11.6 Å². The normalized spacial score (nSPS) is 13.1. The number of thiol groups is 1. The second-order valence-corrected chi connectivity index (χ2v) is 9.59. The van der Waals surface area contributed by atoms with Gasteiger partial charge in [-0.2, -0.15) is 36.3 Å². The van der Waals surface area contributed by atoms with Crippen molar-refractivity contribution >= 4 is 15.8 Å². The largest absolute Gasteiger partial charge is 0.471 e. The van der Waals surface area contributed by atoms with Crippen LogP contribution in [0.2, 0.25) is 0 Å². The fraction of sp³-hybridized carbons (Fsp3) is 0.158. The highest BCUT2D eigenvalue weighted by Gasteiger charge is 2.39. The van der Waals surface area contributed by atoms with E-state index in [1.807, 2.05) is 0 Å². The fourth-order valence-electron chi connectivity index (χ4n) is 2.81. The Bertz CT molecular complexity index is 1350. The van der Waals surface area contributed by atoms with Gasteiger partial charge in [-0.1, -0.05) is 10.3 Å². The number of anilines is 1. The summed E-state index contributed by atoms with van der Waals surface area (Å²) in [6.45, 7) is 0. The molecule has 2 aromatic heterocycles. The Hall–Kier alpha value is -3.75. The highest BCUT2D eigenvalue weighted by atomic mass is 32.3. The Morgan fingerprint density at radius 2 is 1.15 bits per heavy atom. The standard InChI is InChI=1S/C19H13F6N5O3S/c1-34(31,13-8-4-11(5-9-13)15-27-17(33-29-15)19(23,24)25)30-12-6-2-10(3-7-12)14-26-16(32-28-14)18(20,21)22/h2-9,34H,1H3,(H,30,31). The molecule has 0 saturated carbocycles. The molecule has 1 N–H and O–H groups in total. The summed E-state index contributed by atoms with van der Waals surface area (Å²) in [6.07, 6.45) is -8.10. The van der Waals surface area contributed by atoms with Crippen molar-refractivity contribution in [1.29, 1.82) is 0 Å². The maximum atomic E-state index is 13.2. The number of nitrogens with one attached hydrogen (secondary N) is 1. The van der Waals surface area contributed by atoms with Gasteiger partial charge in [0, 0.05) is 28.0 Å². The Kier molecular flexibility index (Phi) is 5.67. The van der Waals surface area contributed by atoms with Gasteiger partial charge >= 0.3 is 24.1 Å². The van der Waals surface area contributed by atoms with Crippen LogP contribution in [0.15, 0.2) is 62.5 Å². The second kappa shape index (κ2) is 8.23. The Morgan fingerprint density at radius 3 is 1.53 bits per heavy atom. The van der Waals surface area contributed by atoms with Crippen molar-refractivity contribution in [2.45, 2.75) is 17.2 Å². The van der Waals surface area contributed by atoms with Gasteiger partial charge in [0.1, 0.15) is 0 Å².